The number of hydrogen-bond acceptors (Lipinski definition) is 3. The van der Waals surface area contributed by atoms with Crippen LogP contribution >= 0.6 is 0 Å². The Hall–Kier alpha value is -3.11. The largest absolute Gasteiger partial charge is 0.345 e. The van der Waals surface area contributed by atoms with Gasteiger partial charge in [0.15, 0.2) is 11.6 Å². The predicted octanol–water partition coefficient (Wildman–Crippen LogP) is 4.16. The summed E-state index contributed by atoms with van der Waals surface area (Å²) in [4.78, 5) is 13.2. The molecule has 2 heterocycles. The Morgan fingerprint density at radius 3 is 2.59 bits per heavy atom. The van der Waals surface area contributed by atoms with E-state index in [1.54, 1.807) is 19.2 Å². The summed E-state index contributed by atoms with van der Waals surface area (Å²) in [5.74, 6) is -3.04. The number of benzene rings is 2. The van der Waals surface area contributed by atoms with E-state index in [-0.39, 0.29) is 28.1 Å². The predicted molar refractivity (Wildman–Crippen MR) is 114 cm³/mol. The maximum atomic E-state index is 13.5. The Bertz CT molecular complexity index is 1290. The molecule has 0 saturated heterocycles. The van der Waals surface area contributed by atoms with E-state index in [9.17, 15) is 22.2 Å². The molecule has 0 fully saturated rings. The average Bonchev–Trinajstić information content (AvgIpc) is 3.02. The summed E-state index contributed by atoms with van der Waals surface area (Å²) in [7, 11) is -1.81. The topological polar surface area (TPSA) is 87.0 Å². The number of aryl methyl sites for hydroxylation is 1. The van der Waals surface area contributed by atoms with Gasteiger partial charge in [0.05, 0.1) is 4.90 Å². The highest BCUT2D eigenvalue weighted by Crippen LogP contribution is 2.29. The quantitative estimate of drug-likeness (QED) is 0.544. The van der Waals surface area contributed by atoms with Crippen molar-refractivity contribution >= 4 is 21.5 Å². The fraction of sp³-hybridized carbons (Fsp3) is 0.227. The molecule has 6 nitrogen and oxygen atoms in total. The number of fused-ring (bicyclic) bond motifs is 1. The Labute approximate surface area is 183 Å². The minimum Gasteiger partial charge on any atom is -0.345 e. The van der Waals surface area contributed by atoms with Crippen molar-refractivity contribution in [2.45, 2.75) is 30.2 Å². The van der Waals surface area contributed by atoms with Gasteiger partial charge in [-0.1, -0.05) is 12.1 Å². The fourth-order valence-electron chi connectivity index (χ4n) is 3.92. The highest BCUT2D eigenvalue weighted by molar-refractivity contribution is 7.90. The maximum absolute atomic E-state index is 13.5. The van der Waals surface area contributed by atoms with Crippen molar-refractivity contribution in [3.63, 3.8) is 0 Å². The van der Waals surface area contributed by atoms with Gasteiger partial charge in [0.2, 0.25) is 0 Å². The van der Waals surface area contributed by atoms with E-state index in [0.29, 0.717) is 24.8 Å². The lowest BCUT2D eigenvalue weighted by Gasteiger charge is -2.17. The minimum atomic E-state index is -3.41. The zero-order valence-corrected chi connectivity index (χ0v) is 17.9. The van der Waals surface area contributed by atoms with E-state index in [1.165, 1.54) is 29.0 Å². The van der Waals surface area contributed by atoms with Crippen LogP contribution in [0.3, 0.4) is 0 Å². The molecule has 0 aliphatic carbocycles. The summed E-state index contributed by atoms with van der Waals surface area (Å²) in [6.45, 7) is 0. The van der Waals surface area contributed by atoms with Crippen LogP contribution in [0, 0.1) is 22.2 Å². The van der Waals surface area contributed by atoms with E-state index in [2.05, 4.69) is 10.0 Å². The van der Waals surface area contributed by atoms with Crippen LogP contribution in [0.25, 0.3) is 0 Å². The first kappa shape index (κ1) is 22.1. The van der Waals surface area contributed by atoms with Crippen LogP contribution in [0.15, 0.2) is 53.6 Å². The summed E-state index contributed by atoms with van der Waals surface area (Å²) in [5, 5.41) is 2.53. The molecule has 32 heavy (non-hydrogen) atoms. The zero-order chi connectivity index (χ0) is 23.0. The highest BCUT2D eigenvalue weighted by atomic mass is 32.2. The molecule has 2 aromatic carbocycles. The van der Waals surface area contributed by atoms with E-state index < -0.39 is 27.5 Å². The Morgan fingerprint density at radius 1 is 1.19 bits per heavy atom. The number of aromatic nitrogens is 1. The van der Waals surface area contributed by atoms with Gasteiger partial charge in [-0.2, -0.15) is 0 Å². The number of carbonyl (C=O) groups excluding carboxylic acids is 1. The van der Waals surface area contributed by atoms with Crippen molar-refractivity contribution in [3.05, 3.63) is 82.9 Å². The second-order valence-electron chi connectivity index (χ2n) is 7.75. The van der Waals surface area contributed by atoms with Crippen LogP contribution in [0.4, 0.5) is 18.9 Å². The smallest absolute Gasteiger partial charge is 0.272 e. The first-order valence-corrected chi connectivity index (χ1v) is 11.4. The third-order valence-corrected chi connectivity index (χ3v) is 7.06. The summed E-state index contributed by atoms with van der Waals surface area (Å²) in [6, 6.07) is 8.69. The molecule has 1 aromatic heterocycles. The number of anilines is 1. The lowest BCUT2D eigenvalue weighted by atomic mass is 9.99. The molecule has 1 unspecified atom stereocenters. The summed E-state index contributed by atoms with van der Waals surface area (Å²) in [6.07, 6.45) is 2.81. The van der Waals surface area contributed by atoms with E-state index in [0.717, 1.165) is 17.7 Å². The number of carbonyl (C=O) groups is 1. The Balaban J connectivity index is 1.60. The number of rotatable bonds is 4. The number of nitrogens with one attached hydrogen (secondary N) is 3. The average molecular weight is 462 g/mol. The van der Waals surface area contributed by atoms with Crippen molar-refractivity contribution in [3.8, 4) is 0 Å². The van der Waals surface area contributed by atoms with Crippen LogP contribution < -0.4 is 10.0 Å². The van der Waals surface area contributed by atoms with Crippen molar-refractivity contribution in [1.82, 2.24) is 9.29 Å². The van der Waals surface area contributed by atoms with Gasteiger partial charge in [-0.3, -0.25) is 4.79 Å². The van der Waals surface area contributed by atoms with Crippen LogP contribution in [-0.4, -0.2) is 20.7 Å². The maximum Gasteiger partial charge on any atom is 0.272 e. The molecule has 0 saturated carbocycles. The second-order valence-corrected chi connectivity index (χ2v) is 9.54. The lowest BCUT2D eigenvalue weighted by molar-refractivity contribution is 0.101. The summed E-state index contributed by atoms with van der Waals surface area (Å²) in [5.41, 5.74) is 1.59. The number of hydrogen-bond donors (Lipinski definition) is 3. The van der Waals surface area contributed by atoms with Gasteiger partial charge in [-0.15, -0.1) is 0 Å². The van der Waals surface area contributed by atoms with Crippen LogP contribution in [0.2, 0.25) is 0 Å². The van der Waals surface area contributed by atoms with Crippen LogP contribution in [-0.2, 0) is 29.8 Å². The summed E-state index contributed by atoms with van der Waals surface area (Å²) < 4.78 is 65.8. The van der Waals surface area contributed by atoms with Gasteiger partial charge in [0, 0.05) is 36.6 Å². The van der Waals surface area contributed by atoms with E-state index in [1.807, 2.05) is 0 Å². The molecule has 0 bridgehead atoms. The molecule has 2 atom stereocenters. The van der Waals surface area contributed by atoms with E-state index >= 15 is 0 Å². The first-order chi connectivity index (χ1) is 15.1. The normalized spacial score (nSPS) is 20.4. The molecule has 0 radical (unpaired) electrons. The van der Waals surface area contributed by atoms with Crippen LogP contribution in [0.1, 0.15) is 28.0 Å². The molecule has 1 aliphatic heterocycles. The molecule has 3 aromatic rings. The highest BCUT2D eigenvalue weighted by Gasteiger charge is 2.31. The SMILES string of the molecule is Cn1cc2c(c1C(=O)Nc1ccc(F)c(F)c1)CC[C@H](Cc1ccc(F)cc1)NS2(=N)=O. The number of amides is 1. The number of halogens is 3. The standard InChI is InChI=1S/C22H21F3N4O2S/c1-29-12-20-17(21(29)22(30)27-15-7-9-18(24)19(25)11-15)8-6-16(28-32(20,26)31)10-13-2-4-14(23)5-3-13/h2-5,7,9,11-12,16H,6,8,10H2,1H3,(H,27,30)(H2,26,28,31)/t16-,32?/m1/s1. The van der Waals surface area contributed by atoms with Gasteiger partial charge in [-0.05, 0) is 49.1 Å². The molecule has 4 rings (SSSR count). The lowest BCUT2D eigenvalue weighted by Crippen LogP contribution is -2.34. The van der Waals surface area contributed by atoms with Crippen molar-refractivity contribution in [2.75, 3.05) is 5.32 Å². The van der Waals surface area contributed by atoms with Gasteiger partial charge >= 0.3 is 0 Å². The second kappa shape index (κ2) is 8.44. The van der Waals surface area contributed by atoms with Gasteiger partial charge in [0.25, 0.3) is 5.91 Å². The zero-order valence-electron chi connectivity index (χ0n) is 17.1. The van der Waals surface area contributed by atoms with Gasteiger partial charge < -0.3 is 9.88 Å². The first-order valence-electron chi connectivity index (χ1n) is 9.89. The van der Waals surface area contributed by atoms with Crippen molar-refractivity contribution in [1.29, 1.82) is 4.78 Å². The Kier molecular flexibility index (Phi) is 5.83. The van der Waals surface area contributed by atoms with Gasteiger partial charge in [-0.25, -0.2) is 26.9 Å². The monoisotopic (exact) mass is 462 g/mol. The fourth-order valence-corrected chi connectivity index (χ4v) is 5.57. The van der Waals surface area contributed by atoms with Crippen molar-refractivity contribution in [2.24, 2.45) is 7.05 Å². The molecule has 10 heteroatoms. The molecule has 3 N–H and O–H groups in total. The Morgan fingerprint density at radius 2 is 1.91 bits per heavy atom. The molecule has 1 aliphatic rings. The van der Waals surface area contributed by atoms with Gasteiger partial charge in [0.1, 0.15) is 21.4 Å². The van der Waals surface area contributed by atoms with Crippen LogP contribution in [0.5, 0.6) is 0 Å². The number of nitrogens with zero attached hydrogens (tertiary/aromatic N) is 1. The molecular formula is C22H21F3N4O2S. The molecule has 168 valence electrons. The molecular weight excluding hydrogens is 441 g/mol. The third kappa shape index (κ3) is 4.42. The minimum absolute atomic E-state index is 0.0800. The molecule has 0 spiro atoms. The van der Waals surface area contributed by atoms with Crippen molar-refractivity contribution < 1.29 is 22.2 Å². The van der Waals surface area contributed by atoms with E-state index in [4.69, 9.17) is 4.78 Å². The summed E-state index contributed by atoms with van der Waals surface area (Å²) >= 11 is 0. The third-order valence-electron chi connectivity index (χ3n) is 5.42. The molecule has 1 amide bonds.